The number of hydrogen-bond acceptors (Lipinski definition) is 1. The van der Waals surface area contributed by atoms with E-state index in [1.807, 2.05) is 94.1 Å². The summed E-state index contributed by atoms with van der Waals surface area (Å²) in [5.74, 6) is -3.63. The molecule has 2 heterocycles. The van der Waals surface area contributed by atoms with Gasteiger partial charge in [-0.15, -0.1) is 0 Å². The molecule has 0 fully saturated rings. The summed E-state index contributed by atoms with van der Waals surface area (Å²) in [6.45, 7) is 0.146. The summed E-state index contributed by atoms with van der Waals surface area (Å²) < 4.78 is 92.0. The second-order valence-corrected chi connectivity index (χ2v) is 13.0. The third-order valence-corrected chi connectivity index (χ3v) is 9.85. The van der Waals surface area contributed by atoms with Crippen molar-refractivity contribution in [3.63, 3.8) is 0 Å². The highest BCUT2D eigenvalue weighted by Crippen LogP contribution is 2.42. The third kappa shape index (κ3) is 5.56. The molecule has 0 radical (unpaired) electrons. The molecule has 0 aliphatic carbocycles. The standard InChI is InChI=1S/C44H27F6N3/c45-28-9-14-37(48)26(19-28)24-51-40-7-3-1-5-33(40)35-22-31(12-17-42(35)51)53(44-16-11-30(47)21-39(44)50)32-13-18-43-36(23-32)34-6-2-4-8-41(34)52(43)25-27-20-29(46)10-15-38(27)49/h1-23H,24-25H2. The van der Waals surface area contributed by atoms with E-state index >= 15 is 4.39 Å². The van der Waals surface area contributed by atoms with E-state index in [0.29, 0.717) is 11.4 Å². The van der Waals surface area contributed by atoms with E-state index in [2.05, 4.69) is 0 Å². The number of para-hydroxylation sites is 2. The number of halogens is 6. The molecule has 0 atom stereocenters. The summed E-state index contributed by atoms with van der Waals surface area (Å²) in [5.41, 5.74) is 4.71. The number of hydrogen-bond donors (Lipinski definition) is 0. The summed E-state index contributed by atoms with van der Waals surface area (Å²) in [4.78, 5) is 1.70. The maximum absolute atomic E-state index is 15.8. The summed E-state index contributed by atoms with van der Waals surface area (Å²) in [6.07, 6.45) is 0. The number of nitrogens with zero attached hydrogens (tertiary/aromatic N) is 3. The van der Waals surface area contributed by atoms with Crippen molar-refractivity contribution in [1.82, 2.24) is 9.13 Å². The first-order valence-electron chi connectivity index (χ1n) is 16.9. The first-order valence-corrected chi connectivity index (χ1v) is 16.9. The maximum atomic E-state index is 15.8. The zero-order valence-corrected chi connectivity index (χ0v) is 27.8. The van der Waals surface area contributed by atoms with Gasteiger partial charge in [-0.3, -0.25) is 0 Å². The van der Waals surface area contributed by atoms with Gasteiger partial charge in [0, 0.05) is 72.2 Å². The molecule has 0 bridgehead atoms. The highest BCUT2D eigenvalue weighted by molar-refractivity contribution is 6.11. The Morgan fingerprint density at radius 1 is 0.377 bits per heavy atom. The number of rotatable bonds is 7. The van der Waals surface area contributed by atoms with Gasteiger partial charge in [-0.05, 0) is 97.1 Å². The Balaban J connectivity index is 1.24. The molecule has 0 aliphatic heterocycles. The largest absolute Gasteiger partial charge is 0.336 e. The minimum absolute atomic E-state index is 0.0729. The molecule has 0 unspecified atom stereocenters. The van der Waals surface area contributed by atoms with E-state index in [1.165, 1.54) is 24.3 Å². The second kappa shape index (κ2) is 12.6. The molecule has 53 heavy (non-hydrogen) atoms. The van der Waals surface area contributed by atoms with Crippen molar-refractivity contribution < 1.29 is 26.3 Å². The lowest BCUT2D eigenvalue weighted by Gasteiger charge is -2.26. The number of benzene rings is 7. The normalized spacial score (nSPS) is 11.7. The molecule has 9 heteroatoms. The maximum Gasteiger partial charge on any atom is 0.150 e. The van der Waals surface area contributed by atoms with Gasteiger partial charge < -0.3 is 14.0 Å². The Morgan fingerprint density at radius 3 is 1.30 bits per heavy atom. The van der Waals surface area contributed by atoms with Gasteiger partial charge in [-0.25, -0.2) is 26.3 Å². The van der Waals surface area contributed by atoms with Gasteiger partial charge in [-0.1, -0.05) is 36.4 Å². The minimum Gasteiger partial charge on any atom is -0.336 e. The van der Waals surface area contributed by atoms with Crippen LogP contribution in [0.4, 0.5) is 43.4 Å². The molecule has 9 rings (SSSR count). The van der Waals surface area contributed by atoms with Crippen LogP contribution >= 0.6 is 0 Å². The van der Waals surface area contributed by atoms with Crippen LogP contribution in [0.5, 0.6) is 0 Å². The molecule has 0 saturated heterocycles. The summed E-state index contributed by atoms with van der Waals surface area (Å²) in [6, 6.07) is 36.5. The Labute approximate surface area is 299 Å². The van der Waals surface area contributed by atoms with Gasteiger partial charge in [0.25, 0.3) is 0 Å². The fourth-order valence-electron chi connectivity index (χ4n) is 7.46. The molecule has 2 aromatic heterocycles. The Bertz CT molecular complexity index is 2720. The van der Waals surface area contributed by atoms with Crippen molar-refractivity contribution in [3.05, 3.63) is 186 Å². The number of aromatic nitrogens is 2. The topological polar surface area (TPSA) is 13.1 Å². The van der Waals surface area contributed by atoms with E-state index in [1.54, 1.807) is 4.90 Å². The van der Waals surface area contributed by atoms with E-state index < -0.39 is 34.9 Å². The molecule has 3 nitrogen and oxygen atoms in total. The molecular weight excluding hydrogens is 684 g/mol. The van der Waals surface area contributed by atoms with Crippen LogP contribution in [0.2, 0.25) is 0 Å². The van der Waals surface area contributed by atoms with E-state index in [-0.39, 0.29) is 29.9 Å². The molecule has 260 valence electrons. The highest BCUT2D eigenvalue weighted by atomic mass is 19.2. The van der Waals surface area contributed by atoms with Crippen LogP contribution in [0.15, 0.2) is 140 Å². The lowest BCUT2D eigenvalue weighted by molar-refractivity contribution is 0.580. The highest BCUT2D eigenvalue weighted by Gasteiger charge is 2.22. The molecular formula is C44H27F6N3. The predicted octanol–water partition coefficient (Wildman–Crippen LogP) is 12.3. The fraction of sp³-hybridized carbons (Fsp3) is 0.0455. The molecule has 0 aliphatic rings. The van der Waals surface area contributed by atoms with Gasteiger partial charge >= 0.3 is 0 Å². The Hall–Kier alpha value is -6.48. The average molecular weight is 712 g/mol. The first-order chi connectivity index (χ1) is 25.7. The molecule has 7 aromatic carbocycles. The van der Waals surface area contributed by atoms with Crippen LogP contribution in [0.3, 0.4) is 0 Å². The van der Waals surface area contributed by atoms with E-state index in [9.17, 15) is 22.0 Å². The van der Waals surface area contributed by atoms with Crippen molar-refractivity contribution in [3.8, 4) is 0 Å². The fourth-order valence-corrected chi connectivity index (χ4v) is 7.46. The summed E-state index contributed by atoms with van der Waals surface area (Å²) in [7, 11) is 0. The smallest absolute Gasteiger partial charge is 0.150 e. The van der Waals surface area contributed by atoms with E-state index in [4.69, 9.17) is 0 Å². The SMILES string of the molecule is Fc1ccc(N(c2ccc3c(c2)c2ccccc2n3Cc2cc(F)ccc2F)c2ccc3c(c2)c2ccccc2n3Cc2cc(F)ccc2F)c(F)c1. The summed E-state index contributed by atoms with van der Waals surface area (Å²) in [5, 5.41) is 3.28. The minimum atomic E-state index is -0.779. The van der Waals surface area contributed by atoms with Crippen LogP contribution in [-0.2, 0) is 13.1 Å². The molecule has 9 aromatic rings. The average Bonchev–Trinajstić information content (AvgIpc) is 3.64. The van der Waals surface area contributed by atoms with Crippen LogP contribution < -0.4 is 4.90 Å². The lowest BCUT2D eigenvalue weighted by atomic mass is 10.1. The molecule has 0 amide bonds. The molecule has 0 saturated carbocycles. The van der Waals surface area contributed by atoms with Crippen molar-refractivity contribution in [1.29, 1.82) is 0 Å². The van der Waals surface area contributed by atoms with Crippen LogP contribution in [0, 0.1) is 34.9 Å². The van der Waals surface area contributed by atoms with Gasteiger partial charge in [-0.2, -0.15) is 0 Å². The summed E-state index contributed by atoms with van der Waals surface area (Å²) >= 11 is 0. The number of anilines is 3. The third-order valence-electron chi connectivity index (χ3n) is 9.85. The second-order valence-electron chi connectivity index (χ2n) is 13.0. The van der Waals surface area contributed by atoms with Crippen molar-refractivity contribution >= 4 is 60.7 Å². The van der Waals surface area contributed by atoms with Crippen molar-refractivity contribution in [2.45, 2.75) is 13.1 Å². The van der Waals surface area contributed by atoms with Crippen molar-refractivity contribution in [2.24, 2.45) is 0 Å². The zero-order valence-electron chi connectivity index (χ0n) is 27.8. The molecule has 0 spiro atoms. The van der Waals surface area contributed by atoms with Gasteiger partial charge in [0.15, 0.2) is 0 Å². The van der Waals surface area contributed by atoms with Crippen LogP contribution in [-0.4, -0.2) is 9.13 Å². The first kappa shape index (κ1) is 32.4. The van der Waals surface area contributed by atoms with Crippen LogP contribution in [0.1, 0.15) is 11.1 Å². The van der Waals surface area contributed by atoms with Crippen LogP contribution in [0.25, 0.3) is 43.6 Å². The van der Waals surface area contributed by atoms with Gasteiger partial charge in [0.1, 0.15) is 34.9 Å². The van der Waals surface area contributed by atoms with Gasteiger partial charge in [0.2, 0.25) is 0 Å². The molecule has 0 N–H and O–H groups in total. The van der Waals surface area contributed by atoms with Crippen molar-refractivity contribution in [2.75, 3.05) is 4.90 Å². The lowest BCUT2D eigenvalue weighted by Crippen LogP contribution is -2.12. The van der Waals surface area contributed by atoms with E-state index in [0.717, 1.165) is 73.9 Å². The monoisotopic (exact) mass is 711 g/mol. The Morgan fingerprint density at radius 2 is 0.811 bits per heavy atom. The predicted molar refractivity (Wildman–Crippen MR) is 198 cm³/mol. The number of fused-ring (bicyclic) bond motifs is 6. The zero-order chi connectivity index (χ0) is 36.4. The quantitative estimate of drug-likeness (QED) is 0.150. The van der Waals surface area contributed by atoms with Gasteiger partial charge in [0.05, 0.1) is 18.8 Å². The Kier molecular flexibility index (Phi) is 7.73.